The fourth-order valence-electron chi connectivity index (χ4n) is 2.56. The van der Waals surface area contributed by atoms with Crippen LogP contribution >= 0.6 is 11.3 Å². The number of benzene rings is 2. The van der Waals surface area contributed by atoms with Crippen molar-refractivity contribution in [3.8, 4) is 22.8 Å². The van der Waals surface area contributed by atoms with Crippen molar-refractivity contribution in [1.82, 2.24) is 4.98 Å². The summed E-state index contributed by atoms with van der Waals surface area (Å²) < 4.78 is 10.7. The first-order valence-electron chi connectivity index (χ1n) is 7.43. The number of nitrogens with one attached hydrogen (secondary N) is 1. The molecule has 0 aliphatic carbocycles. The third kappa shape index (κ3) is 2.72. The number of anilines is 1. The summed E-state index contributed by atoms with van der Waals surface area (Å²) in [6.07, 6.45) is 0. The molecular formula is C18H14N2O3S. The molecule has 1 N–H and O–H groups in total. The van der Waals surface area contributed by atoms with Gasteiger partial charge in [-0.3, -0.25) is 4.79 Å². The summed E-state index contributed by atoms with van der Waals surface area (Å²) in [5.41, 5.74) is 3.04. The fourth-order valence-corrected chi connectivity index (χ4v) is 3.18. The Balaban J connectivity index is 1.60. The van der Waals surface area contributed by atoms with Crippen molar-refractivity contribution >= 4 is 22.9 Å². The summed E-state index contributed by atoms with van der Waals surface area (Å²) in [5.74, 6) is 0.847. The highest BCUT2D eigenvalue weighted by Gasteiger charge is 2.21. The molecule has 6 heteroatoms. The number of hydrogen-bond donors (Lipinski definition) is 1. The maximum absolute atomic E-state index is 12.6. The van der Waals surface area contributed by atoms with Gasteiger partial charge >= 0.3 is 0 Å². The lowest BCUT2D eigenvalue weighted by atomic mass is 10.1. The number of ether oxygens (including phenoxy) is 2. The Labute approximate surface area is 142 Å². The average molecular weight is 338 g/mol. The monoisotopic (exact) mass is 338 g/mol. The number of thiazole rings is 1. The topological polar surface area (TPSA) is 60.5 Å². The number of rotatable bonds is 3. The van der Waals surface area contributed by atoms with Crippen LogP contribution in [-0.4, -0.2) is 17.7 Å². The van der Waals surface area contributed by atoms with Crippen LogP contribution < -0.4 is 14.8 Å². The standard InChI is InChI=1S/C18H14N2O3S/c1-11-19-15(9-24-11)12-4-2-5-13(8-12)20-18(21)14-6-3-7-16-17(14)23-10-22-16/h2-9H,10H2,1H3,(H,20,21). The second kappa shape index (κ2) is 5.98. The van der Waals surface area contributed by atoms with Crippen LogP contribution in [0, 0.1) is 6.92 Å². The van der Waals surface area contributed by atoms with Gasteiger partial charge in [-0.25, -0.2) is 4.98 Å². The van der Waals surface area contributed by atoms with Gasteiger partial charge in [-0.1, -0.05) is 18.2 Å². The molecule has 2 heterocycles. The lowest BCUT2D eigenvalue weighted by Crippen LogP contribution is -2.12. The van der Waals surface area contributed by atoms with Gasteiger partial charge in [-0.2, -0.15) is 0 Å². The number of nitrogens with zero attached hydrogens (tertiary/aromatic N) is 1. The zero-order chi connectivity index (χ0) is 16.5. The molecule has 5 nitrogen and oxygen atoms in total. The number of carbonyl (C=O) groups excluding carboxylic acids is 1. The first kappa shape index (κ1) is 14.7. The number of fused-ring (bicyclic) bond motifs is 1. The van der Waals surface area contributed by atoms with Gasteiger partial charge in [0.25, 0.3) is 5.91 Å². The molecule has 0 saturated heterocycles. The Morgan fingerprint density at radius 1 is 1.21 bits per heavy atom. The van der Waals surface area contributed by atoms with Crippen LogP contribution in [0.25, 0.3) is 11.3 Å². The van der Waals surface area contributed by atoms with Crippen molar-refractivity contribution in [2.24, 2.45) is 0 Å². The zero-order valence-electron chi connectivity index (χ0n) is 12.9. The first-order valence-corrected chi connectivity index (χ1v) is 8.31. The van der Waals surface area contributed by atoms with E-state index in [4.69, 9.17) is 9.47 Å². The van der Waals surface area contributed by atoms with Gasteiger partial charge in [0, 0.05) is 16.6 Å². The summed E-state index contributed by atoms with van der Waals surface area (Å²) in [6.45, 7) is 2.11. The third-order valence-electron chi connectivity index (χ3n) is 3.68. The van der Waals surface area contributed by atoms with Gasteiger partial charge in [-0.05, 0) is 31.2 Å². The van der Waals surface area contributed by atoms with Crippen molar-refractivity contribution in [2.75, 3.05) is 12.1 Å². The van der Waals surface area contributed by atoms with E-state index in [2.05, 4.69) is 10.3 Å². The van der Waals surface area contributed by atoms with E-state index in [9.17, 15) is 4.79 Å². The molecule has 120 valence electrons. The SMILES string of the molecule is Cc1nc(-c2cccc(NC(=O)c3cccc4c3OCO4)c2)cs1. The minimum atomic E-state index is -0.232. The summed E-state index contributed by atoms with van der Waals surface area (Å²) in [4.78, 5) is 17.0. The van der Waals surface area contributed by atoms with E-state index >= 15 is 0 Å². The Morgan fingerprint density at radius 3 is 2.92 bits per heavy atom. The number of carbonyl (C=O) groups is 1. The molecule has 0 spiro atoms. The molecule has 0 unspecified atom stereocenters. The summed E-state index contributed by atoms with van der Waals surface area (Å²) in [5, 5.41) is 5.92. The fraction of sp³-hybridized carbons (Fsp3) is 0.111. The second-order valence-electron chi connectivity index (χ2n) is 5.33. The van der Waals surface area contributed by atoms with Gasteiger partial charge in [0.05, 0.1) is 16.3 Å². The molecule has 0 atom stereocenters. The van der Waals surface area contributed by atoms with E-state index in [0.717, 1.165) is 16.3 Å². The van der Waals surface area contributed by atoms with E-state index in [1.807, 2.05) is 36.6 Å². The zero-order valence-corrected chi connectivity index (χ0v) is 13.7. The average Bonchev–Trinajstić information content (AvgIpc) is 3.23. The molecule has 4 rings (SSSR count). The summed E-state index contributed by atoms with van der Waals surface area (Å²) in [6, 6.07) is 12.9. The number of para-hydroxylation sites is 1. The summed E-state index contributed by atoms with van der Waals surface area (Å²) in [7, 11) is 0. The van der Waals surface area contributed by atoms with Gasteiger partial charge in [-0.15, -0.1) is 11.3 Å². The highest BCUT2D eigenvalue weighted by molar-refractivity contribution is 7.09. The van der Waals surface area contributed by atoms with E-state index < -0.39 is 0 Å². The number of aryl methyl sites for hydroxylation is 1. The van der Waals surface area contributed by atoms with Gasteiger partial charge in [0.2, 0.25) is 6.79 Å². The van der Waals surface area contributed by atoms with E-state index in [-0.39, 0.29) is 12.7 Å². The lowest BCUT2D eigenvalue weighted by Gasteiger charge is -2.08. The molecule has 24 heavy (non-hydrogen) atoms. The highest BCUT2D eigenvalue weighted by Crippen LogP contribution is 2.35. The Morgan fingerprint density at radius 2 is 2.08 bits per heavy atom. The Kier molecular flexibility index (Phi) is 3.66. The normalized spacial score (nSPS) is 12.2. The van der Waals surface area contributed by atoms with Crippen LogP contribution in [0.15, 0.2) is 47.8 Å². The predicted molar refractivity (Wildman–Crippen MR) is 92.8 cm³/mol. The van der Waals surface area contributed by atoms with E-state index in [0.29, 0.717) is 22.7 Å². The third-order valence-corrected chi connectivity index (χ3v) is 4.45. The summed E-state index contributed by atoms with van der Waals surface area (Å²) >= 11 is 1.60. The molecule has 0 fully saturated rings. The van der Waals surface area contributed by atoms with Gasteiger partial charge in [0.1, 0.15) is 0 Å². The first-order chi connectivity index (χ1) is 11.7. The van der Waals surface area contributed by atoms with Crippen LogP contribution in [0.1, 0.15) is 15.4 Å². The minimum absolute atomic E-state index is 0.137. The van der Waals surface area contributed by atoms with Crippen molar-refractivity contribution < 1.29 is 14.3 Å². The van der Waals surface area contributed by atoms with Crippen LogP contribution in [0.3, 0.4) is 0 Å². The molecule has 3 aromatic rings. The van der Waals surface area contributed by atoms with Crippen molar-refractivity contribution in [2.45, 2.75) is 6.92 Å². The van der Waals surface area contributed by atoms with Crippen LogP contribution in [0.4, 0.5) is 5.69 Å². The highest BCUT2D eigenvalue weighted by atomic mass is 32.1. The Bertz CT molecular complexity index is 920. The number of amides is 1. The number of aromatic nitrogens is 1. The quantitative estimate of drug-likeness (QED) is 0.781. The molecule has 0 saturated carbocycles. The smallest absolute Gasteiger partial charge is 0.259 e. The van der Waals surface area contributed by atoms with Crippen LogP contribution in [0.5, 0.6) is 11.5 Å². The molecule has 0 radical (unpaired) electrons. The maximum atomic E-state index is 12.6. The van der Waals surface area contributed by atoms with Crippen molar-refractivity contribution in [3.63, 3.8) is 0 Å². The van der Waals surface area contributed by atoms with Crippen molar-refractivity contribution in [3.05, 3.63) is 58.4 Å². The molecular weight excluding hydrogens is 324 g/mol. The molecule has 2 aromatic carbocycles. The van der Waals surface area contributed by atoms with Crippen LogP contribution in [0.2, 0.25) is 0 Å². The molecule has 1 aromatic heterocycles. The molecule has 1 aliphatic heterocycles. The lowest BCUT2D eigenvalue weighted by molar-refractivity contribution is 0.102. The van der Waals surface area contributed by atoms with E-state index in [1.165, 1.54) is 0 Å². The largest absolute Gasteiger partial charge is 0.454 e. The Hall–Kier alpha value is -2.86. The number of hydrogen-bond acceptors (Lipinski definition) is 5. The van der Waals surface area contributed by atoms with Crippen LogP contribution in [-0.2, 0) is 0 Å². The van der Waals surface area contributed by atoms with Gasteiger partial charge < -0.3 is 14.8 Å². The van der Waals surface area contributed by atoms with Crippen molar-refractivity contribution in [1.29, 1.82) is 0 Å². The maximum Gasteiger partial charge on any atom is 0.259 e. The van der Waals surface area contributed by atoms with E-state index in [1.54, 1.807) is 29.5 Å². The molecule has 1 aliphatic rings. The van der Waals surface area contributed by atoms with Gasteiger partial charge in [0.15, 0.2) is 11.5 Å². The molecule has 0 bridgehead atoms. The second-order valence-corrected chi connectivity index (χ2v) is 6.39. The minimum Gasteiger partial charge on any atom is -0.454 e. The molecule has 1 amide bonds. The predicted octanol–water partition coefficient (Wildman–Crippen LogP) is 4.10.